The van der Waals surface area contributed by atoms with E-state index >= 15 is 0 Å². The van der Waals surface area contributed by atoms with Crippen LogP contribution in [0.25, 0.3) is 33.9 Å². The Balaban J connectivity index is 1.78. The molecule has 23 heavy (non-hydrogen) atoms. The van der Waals surface area contributed by atoms with Gasteiger partial charge >= 0.3 is 0 Å². The molecular formula is C16H9Cl2N3O2. The fourth-order valence-corrected chi connectivity index (χ4v) is 2.66. The smallest absolute Gasteiger partial charge is 0.259 e. The molecule has 4 aromatic rings. The molecule has 0 spiro atoms. The van der Waals surface area contributed by atoms with Crippen LogP contribution in [0.4, 0.5) is 0 Å². The van der Waals surface area contributed by atoms with Crippen LogP contribution in [-0.2, 0) is 0 Å². The first kappa shape index (κ1) is 14.2. The summed E-state index contributed by atoms with van der Waals surface area (Å²) in [6, 6.07) is 10.6. The molecule has 0 amide bonds. The van der Waals surface area contributed by atoms with Crippen molar-refractivity contribution in [1.29, 1.82) is 0 Å². The maximum Gasteiger partial charge on any atom is 0.259 e. The third-order valence-corrected chi connectivity index (χ3v) is 3.90. The van der Waals surface area contributed by atoms with Crippen LogP contribution >= 0.6 is 23.2 Å². The van der Waals surface area contributed by atoms with Crippen molar-refractivity contribution in [3.63, 3.8) is 0 Å². The van der Waals surface area contributed by atoms with E-state index in [1.54, 1.807) is 25.1 Å². The fourth-order valence-electron chi connectivity index (χ4n) is 2.29. The molecule has 0 aliphatic rings. The van der Waals surface area contributed by atoms with E-state index in [4.69, 9.17) is 32.1 Å². The predicted molar refractivity (Wildman–Crippen MR) is 87.5 cm³/mol. The molecule has 0 fully saturated rings. The highest BCUT2D eigenvalue weighted by atomic mass is 35.5. The highest BCUT2D eigenvalue weighted by Gasteiger charge is 2.15. The van der Waals surface area contributed by atoms with Crippen LogP contribution in [0.2, 0.25) is 10.0 Å². The minimum absolute atomic E-state index is 0.309. The molecule has 0 bridgehead atoms. The summed E-state index contributed by atoms with van der Waals surface area (Å²) in [5.41, 5.74) is 2.83. The summed E-state index contributed by atoms with van der Waals surface area (Å²) in [5.74, 6) is 1.36. The maximum atomic E-state index is 6.16. The monoisotopic (exact) mass is 345 g/mol. The molecule has 0 aliphatic heterocycles. The number of benzene rings is 2. The van der Waals surface area contributed by atoms with Gasteiger partial charge in [-0.3, -0.25) is 0 Å². The number of halogens is 2. The number of rotatable bonds is 2. The van der Waals surface area contributed by atoms with Crippen molar-refractivity contribution < 1.29 is 8.94 Å². The molecule has 4 rings (SSSR count). The standard InChI is InChI=1S/C16H9Cl2N3O2/c1-8-19-13-6-9(2-5-14(13)22-8)15-20-16(23-21-15)11-7-10(17)3-4-12(11)18/h2-7H,1H3. The summed E-state index contributed by atoms with van der Waals surface area (Å²) in [4.78, 5) is 8.69. The number of hydrogen-bond acceptors (Lipinski definition) is 5. The Morgan fingerprint density at radius 3 is 2.74 bits per heavy atom. The highest BCUT2D eigenvalue weighted by Crippen LogP contribution is 2.31. The van der Waals surface area contributed by atoms with E-state index in [1.807, 2.05) is 18.2 Å². The molecule has 2 aromatic heterocycles. The fraction of sp³-hybridized carbons (Fsp3) is 0.0625. The molecule has 0 unspecified atom stereocenters. The molecule has 0 saturated heterocycles. The van der Waals surface area contributed by atoms with Crippen LogP contribution in [0.5, 0.6) is 0 Å². The first-order chi connectivity index (χ1) is 11.1. The Bertz CT molecular complexity index is 1020. The van der Waals surface area contributed by atoms with Crippen LogP contribution < -0.4 is 0 Å². The van der Waals surface area contributed by atoms with Crippen LogP contribution in [0.3, 0.4) is 0 Å². The van der Waals surface area contributed by atoms with Gasteiger partial charge in [0.05, 0.1) is 10.6 Å². The van der Waals surface area contributed by atoms with E-state index in [2.05, 4.69) is 15.1 Å². The largest absolute Gasteiger partial charge is 0.441 e. The Kier molecular flexibility index (Phi) is 3.32. The number of aryl methyl sites for hydroxylation is 1. The third kappa shape index (κ3) is 2.58. The zero-order valence-corrected chi connectivity index (χ0v) is 13.4. The lowest BCUT2D eigenvalue weighted by Crippen LogP contribution is -1.83. The first-order valence-corrected chi connectivity index (χ1v) is 7.52. The molecular weight excluding hydrogens is 337 g/mol. The van der Waals surface area contributed by atoms with Gasteiger partial charge in [-0.05, 0) is 36.4 Å². The second-order valence-electron chi connectivity index (χ2n) is 4.96. The number of hydrogen-bond donors (Lipinski definition) is 0. The van der Waals surface area contributed by atoms with E-state index in [-0.39, 0.29) is 0 Å². The summed E-state index contributed by atoms with van der Waals surface area (Å²) in [6.07, 6.45) is 0. The summed E-state index contributed by atoms with van der Waals surface area (Å²) in [7, 11) is 0. The zero-order valence-electron chi connectivity index (χ0n) is 11.9. The third-order valence-electron chi connectivity index (χ3n) is 3.34. The highest BCUT2D eigenvalue weighted by molar-refractivity contribution is 6.35. The lowest BCUT2D eigenvalue weighted by atomic mass is 10.2. The summed E-state index contributed by atoms with van der Waals surface area (Å²) >= 11 is 12.1. The Morgan fingerprint density at radius 2 is 1.87 bits per heavy atom. The van der Waals surface area contributed by atoms with Crippen molar-refractivity contribution in [2.45, 2.75) is 6.92 Å². The van der Waals surface area contributed by atoms with E-state index in [9.17, 15) is 0 Å². The normalized spacial score (nSPS) is 11.3. The van der Waals surface area contributed by atoms with Gasteiger partial charge in [0.1, 0.15) is 5.52 Å². The molecule has 114 valence electrons. The second-order valence-corrected chi connectivity index (χ2v) is 5.81. The SMILES string of the molecule is Cc1nc2cc(-c3noc(-c4cc(Cl)ccc4Cl)n3)ccc2o1. The zero-order chi connectivity index (χ0) is 16.0. The molecule has 2 aromatic carbocycles. The molecule has 5 nitrogen and oxygen atoms in total. The van der Waals surface area contributed by atoms with Crippen molar-refractivity contribution in [2.24, 2.45) is 0 Å². The lowest BCUT2D eigenvalue weighted by molar-refractivity contribution is 0.432. The average Bonchev–Trinajstić information content (AvgIpc) is 3.14. The minimum Gasteiger partial charge on any atom is -0.441 e. The maximum absolute atomic E-state index is 6.16. The Hall–Kier alpha value is -2.37. The Labute approximate surface area is 140 Å². The van der Waals surface area contributed by atoms with E-state index in [0.29, 0.717) is 38.8 Å². The predicted octanol–water partition coefficient (Wildman–Crippen LogP) is 5.16. The molecule has 2 heterocycles. The van der Waals surface area contributed by atoms with Crippen molar-refractivity contribution in [1.82, 2.24) is 15.1 Å². The molecule has 7 heteroatoms. The number of aromatic nitrogens is 3. The summed E-state index contributed by atoms with van der Waals surface area (Å²) in [5, 5.41) is 5.04. The van der Waals surface area contributed by atoms with Crippen molar-refractivity contribution >= 4 is 34.3 Å². The van der Waals surface area contributed by atoms with Gasteiger partial charge in [-0.15, -0.1) is 0 Å². The van der Waals surface area contributed by atoms with E-state index in [0.717, 1.165) is 11.1 Å². The molecule has 0 atom stereocenters. The van der Waals surface area contributed by atoms with Gasteiger partial charge in [-0.1, -0.05) is 28.4 Å². The van der Waals surface area contributed by atoms with Gasteiger partial charge in [0.15, 0.2) is 11.5 Å². The van der Waals surface area contributed by atoms with Gasteiger partial charge in [-0.25, -0.2) is 4.98 Å². The van der Waals surface area contributed by atoms with Gasteiger partial charge in [0.2, 0.25) is 5.82 Å². The quantitative estimate of drug-likeness (QED) is 0.502. The van der Waals surface area contributed by atoms with Gasteiger partial charge < -0.3 is 8.94 Å². The Morgan fingerprint density at radius 1 is 1.00 bits per heavy atom. The van der Waals surface area contributed by atoms with Crippen molar-refractivity contribution in [3.8, 4) is 22.8 Å². The molecule has 0 aliphatic carbocycles. The number of nitrogens with zero attached hydrogens (tertiary/aromatic N) is 3. The topological polar surface area (TPSA) is 65.0 Å². The molecule has 0 N–H and O–H groups in total. The summed E-state index contributed by atoms with van der Waals surface area (Å²) < 4.78 is 10.8. The first-order valence-electron chi connectivity index (χ1n) is 6.77. The number of oxazole rings is 1. The van der Waals surface area contributed by atoms with Crippen LogP contribution in [0.15, 0.2) is 45.3 Å². The average molecular weight is 346 g/mol. The van der Waals surface area contributed by atoms with Gasteiger partial charge in [0.25, 0.3) is 5.89 Å². The number of fused-ring (bicyclic) bond motifs is 1. The van der Waals surface area contributed by atoms with Gasteiger partial charge in [-0.2, -0.15) is 4.98 Å². The van der Waals surface area contributed by atoms with Crippen molar-refractivity contribution in [2.75, 3.05) is 0 Å². The molecule has 0 radical (unpaired) electrons. The van der Waals surface area contributed by atoms with Crippen LogP contribution in [0, 0.1) is 6.92 Å². The second kappa shape index (κ2) is 5.37. The minimum atomic E-state index is 0.309. The van der Waals surface area contributed by atoms with Crippen molar-refractivity contribution in [3.05, 3.63) is 52.3 Å². The van der Waals surface area contributed by atoms with E-state index < -0.39 is 0 Å². The van der Waals surface area contributed by atoms with Crippen LogP contribution in [0.1, 0.15) is 5.89 Å². The van der Waals surface area contributed by atoms with Gasteiger partial charge in [0, 0.05) is 17.5 Å². The summed E-state index contributed by atoms with van der Waals surface area (Å²) in [6.45, 7) is 1.80. The van der Waals surface area contributed by atoms with E-state index in [1.165, 1.54) is 0 Å². The van der Waals surface area contributed by atoms with Crippen LogP contribution in [-0.4, -0.2) is 15.1 Å². The lowest BCUT2D eigenvalue weighted by Gasteiger charge is -1.98. The molecule has 0 saturated carbocycles.